The second-order valence-corrected chi connectivity index (χ2v) is 32.7. The predicted octanol–water partition coefficient (Wildman–Crippen LogP) is 4.99. The fourth-order valence-electron chi connectivity index (χ4n) is 4.44. The van der Waals surface area contributed by atoms with Crippen molar-refractivity contribution in [2.75, 3.05) is 0 Å². The monoisotopic (exact) mass is 404 g/mol. The van der Waals surface area contributed by atoms with Gasteiger partial charge in [0.2, 0.25) is 0 Å². The van der Waals surface area contributed by atoms with Crippen molar-refractivity contribution in [2.24, 2.45) is 0 Å². The van der Waals surface area contributed by atoms with Gasteiger partial charge in [0.05, 0.1) is 0 Å². The summed E-state index contributed by atoms with van der Waals surface area (Å²) in [6.07, 6.45) is 0.677. The molecular weight excluding hydrogens is 361 g/mol. The quantitative estimate of drug-likeness (QED) is 0.394. The average molecular weight is 405 g/mol. The molecule has 0 spiro atoms. The lowest BCUT2D eigenvalue weighted by Gasteiger charge is -2.58. The molecular formula is C16H44N2Si5. The average Bonchev–Trinajstić information content (AvgIpc) is 2.17. The summed E-state index contributed by atoms with van der Waals surface area (Å²) in [6.45, 7) is 34.7. The Kier molecular flexibility index (Phi) is 8.22. The summed E-state index contributed by atoms with van der Waals surface area (Å²) in [7, 11) is -5.65. The molecule has 0 aromatic rings. The van der Waals surface area contributed by atoms with Gasteiger partial charge in [0.15, 0.2) is 0 Å². The zero-order valence-electron chi connectivity index (χ0n) is 18.2. The molecule has 0 aliphatic carbocycles. The van der Waals surface area contributed by atoms with Gasteiger partial charge in [-0.3, -0.25) is 0 Å². The zero-order chi connectivity index (χ0) is 18.9. The maximum absolute atomic E-state index is 4.07. The second-order valence-electron chi connectivity index (χ2n) is 10.8. The summed E-state index contributed by atoms with van der Waals surface area (Å²) in [5, 5.41) is 0. The molecule has 0 aromatic carbocycles. The van der Waals surface area contributed by atoms with Gasteiger partial charge in [-0.25, -0.2) is 0 Å². The molecule has 0 heterocycles. The molecule has 0 amide bonds. The smallest absolute Gasteiger partial charge is 0.113 e. The highest BCUT2D eigenvalue weighted by atomic mass is 28.4. The van der Waals surface area contributed by atoms with Crippen molar-refractivity contribution >= 4 is 42.5 Å². The Bertz CT molecular complexity index is 325. The Labute approximate surface area is 153 Å². The van der Waals surface area contributed by atoms with Gasteiger partial charge in [0.25, 0.3) is 0 Å². The molecule has 0 aliphatic rings. The van der Waals surface area contributed by atoms with Crippen molar-refractivity contribution in [1.82, 2.24) is 8.46 Å². The third-order valence-electron chi connectivity index (χ3n) is 4.12. The summed E-state index contributed by atoms with van der Waals surface area (Å²) >= 11 is 0. The lowest BCUT2D eigenvalue weighted by molar-refractivity contribution is 0.330. The van der Waals surface area contributed by atoms with Gasteiger partial charge in [0.1, 0.15) is 32.9 Å². The van der Waals surface area contributed by atoms with Crippen molar-refractivity contribution in [2.45, 2.75) is 90.8 Å². The number of rotatable bonds is 9. The molecule has 0 saturated carbocycles. The van der Waals surface area contributed by atoms with Crippen LogP contribution in [0.1, 0.15) is 0 Å². The van der Waals surface area contributed by atoms with Crippen LogP contribution in [0.2, 0.25) is 84.6 Å². The van der Waals surface area contributed by atoms with Crippen LogP contribution >= 0.6 is 0 Å². The fourth-order valence-corrected chi connectivity index (χ4v) is 27.6. The first-order valence-corrected chi connectivity index (χ1v) is 24.7. The van der Waals surface area contributed by atoms with Crippen molar-refractivity contribution < 1.29 is 0 Å². The van der Waals surface area contributed by atoms with E-state index < -0.39 is 32.9 Å². The molecule has 0 bridgehead atoms. The molecule has 23 heavy (non-hydrogen) atoms. The van der Waals surface area contributed by atoms with Gasteiger partial charge in [-0.15, -0.1) is 12.3 Å². The minimum Gasteiger partial charge on any atom is -0.332 e. The molecule has 0 atom stereocenters. The van der Waals surface area contributed by atoms with E-state index in [-0.39, 0.29) is 9.52 Å². The summed E-state index contributed by atoms with van der Waals surface area (Å²) in [5.41, 5.74) is 2.26. The van der Waals surface area contributed by atoms with E-state index >= 15 is 0 Å². The van der Waals surface area contributed by atoms with Crippen LogP contribution in [0.25, 0.3) is 0 Å². The van der Waals surface area contributed by atoms with E-state index in [2.05, 4.69) is 99.3 Å². The van der Waals surface area contributed by atoms with Gasteiger partial charge in [-0.2, -0.15) is 0 Å². The standard InChI is InChI=1S/C16H44N2Si5/c1-14-19-15-16(17(20(2,3)4)21(5,6)7)18(22(8,9)10)23(11,12)13/h14,16H,1,15,19H2,2-13H3. The van der Waals surface area contributed by atoms with Gasteiger partial charge in [0, 0.05) is 15.7 Å². The normalized spacial score (nSPS) is 15.4. The largest absolute Gasteiger partial charge is 0.332 e. The fraction of sp³-hybridized carbons (Fsp3) is 0.875. The highest BCUT2D eigenvalue weighted by molar-refractivity contribution is 6.92. The van der Waals surface area contributed by atoms with E-state index in [4.69, 9.17) is 0 Å². The van der Waals surface area contributed by atoms with Crippen molar-refractivity contribution in [3.63, 3.8) is 0 Å². The molecule has 0 fully saturated rings. The van der Waals surface area contributed by atoms with Crippen molar-refractivity contribution in [3.05, 3.63) is 12.3 Å². The molecule has 0 aromatic heterocycles. The summed E-state index contributed by atoms with van der Waals surface area (Å²) in [6, 6.07) is 1.38. The molecule has 0 saturated heterocycles. The third kappa shape index (κ3) is 7.25. The highest BCUT2D eigenvalue weighted by Gasteiger charge is 2.47. The summed E-state index contributed by atoms with van der Waals surface area (Å²) in [4.78, 5) is 0. The van der Waals surface area contributed by atoms with Crippen LogP contribution in [-0.2, 0) is 0 Å². The lowest BCUT2D eigenvalue weighted by Crippen LogP contribution is -2.74. The first kappa shape index (κ1) is 23.7. The van der Waals surface area contributed by atoms with Crippen LogP contribution in [0.15, 0.2) is 12.3 Å². The maximum atomic E-state index is 4.07. The van der Waals surface area contributed by atoms with Crippen molar-refractivity contribution in [1.29, 1.82) is 0 Å². The second kappa shape index (κ2) is 7.97. The Morgan fingerprint density at radius 3 is 1.13 bits per heavy atom. The Hall–Kier alpha value is 0.744. The summed E-state index contributed by atoms with van der Waals surface area (Å²) < 4.78 is 6.15. The van der Waals surface area contributed by atoms with E-state index in [0.29, 0.717) is 6.17 Å². The lowest BCUT2D eigenvalue weighted by atomic mass is 10.6. The molecule has 7 heteroatoms. The van der Waals surface area contributed by atoms with E-state index in [9.17, 15) is 0 Å². The van der Waals surface area contributed by atoms with Gasteiger partial charge in [-0.05, 0) is 6.04 Å². The van der Waals surface area contributed by atoms with Crippen LogP contribution in [0.4, 0.5) is 0 Å². The van der Waals surface area contributed by atoms with Gasteiger partial charge in [-0.1, -0.05) is 78.6 Å². The Morgan fingerprint density at radius 2 is 0.957 bits per heavy atom. The topological polar surface area (TPSA) is 6.48 Å². The number of nitrogens with zero attached hydrogens (tertiary/aromatic N) is 2. The van der Waals surface area contributed by atoms with Crippen LogP contribution in [0.5, 0.6) is 0 Å². The molecule has 0 unspecified atom stereocenters. The minimum atomic E-state index is -1.37. The summed E-state index contributed by atoms with van der Waals surface area (Å²) in [5.74, 6) is 0. The zero-order valence-corrected chi connectivity index (χ0v) is 23.6. The van der Waals surface area contributed by atoms with E-state index in [1.165, 1.54) is 6.04 Å². The van der Waals surface area contributed by atoms with Crippen LogP contribution in [0.3, 0.4) is 0 Å². The molecule has 0 radical (unpaired) electrons. The van der Waals surface area contributed by atoms with Gasteiger partial charge < -0.3 is 8.46 Å². The highest BCUT2D eigenvalue weighted by Crippen LogP contribution is 2.33. The molecule has 0 N–H and O–H groups in total. The molecule has 0 aliphatic heterocycles. The van der Waals surface area contributed by atoms with Gasteiger partial charge >= 0.3 is 0 Å². The Morgan fingerprint density at radius 1 is 0.696 bits per heavy atom. The number of hydrogen-bond acceptors (Lipinski definition) is 2. The van der Waals surface area contributed by atoms with Crippen LogP contribution in [-0.4, -0.2) is 57.1 Å². The van der Waals surface area contributed by atoms with E-state index in [1.807, 2.05) is 0 Å². The van der Waals surface area contributed by atoms with Crippen molar-refractivity contribution in [3.8, 4) is 0 Å². The number of hydrogen-bond donors (Lipinski definition) is 0. The SMILES string of the molecule is C=C[SiH2]CC(N([Si](C)(C)C)[Si](C)(C)C)N([Si](C)(C)C)[Si](C)(C)C. The predicted molar refractivity (Wildman–Crippen MR) is 124 cm³/mol. The van der Waals surface area contributed by atoms with Crippen LogP contribution in [0, 0.1) is 0 Å². The van der Waals surface area contributed by atoms with Crippen LogP contribution < -0.4 is 0 Å². The van der Waals surface area contributed by atoms with E-state index in [0.717, 1.165) is 0 Å². The van der Waals surface area contributed by atoms with E-state index in [1.54, 1.807) is 0 Å². The Balaban J connectivity index is 6.21. The third-order valence-corrected chi connectivity index (χ3v) is 20.4. The molecule has 0 rings (SSSR count). The molecule has 138 valence electrons. The minimum absolute atomic E-state index is 0.174. The first-order chi connectivity index (χ1) is 9.94. The first-order valence-electron chi connectivity index (χ1n) is 9.14. The maximum Gasteiger partial charge on any atom is 0.113 e. The molecule has 2 nitrogen and oxygen atoms in total.